The number of hydrogen-bond acceptors (Lipinski definition) is 4. The maximum Gasteiger partial charge on any atom is 0.306 e. The number of carbonyl (C=O) groups is 3. The van der Waals surface area contributed by atoms with E-state index in [1.54, 1.807) is 30.3 Å². The molecule has 0 saturated carbocycles. The quantitative estimate of drug-likeness (QED) is 0.615. The Bertz CT molecular complexity index is 488. The smallest absolute Gasteiger partial charge is 0.306 e. The predicted molar refractivity (Wildman–Crippen MR) is 77.1 cm³/mol. The summed E-state index contributed by atoms with van der Waals surface area (Å²) in [5.74, 6) is -1.44. The molecule has 0 spiro atoms. The van der Waals surface area contributed by atoms with Gasteiger partial charge in [0, 0.05) is 12.0 Å². The molecule has 1 aromatic carbocycles. The molecule has 0 radical (unpaired) electrons. The van der Waals surface area contributed by atoms with E-state index in [9.17, 15) is 14.4 Å². The highest BCUT2D eigenvalue weighted by Gasteiger charge is 2.18. The summed E-state index contributed by atoms with van der Waals surface area (Å²) in [5, 5.41) is 0. The zero-order valence-corrected chi connectivity index (χ0v) is 12.2. The number of carbonyl (C=O) groups excluding carboxylic acids is 3. The fourth-order valence-corrected chi connectivity index (χ4v) is 1.51. The number of benzene rings is 1. The van der Waals surface area contributed by atoms with Gasteiger partial charge in [0.05, 0.1) is 0 Å². The molecule has 0 bridgehead atoms. The first-order valence-corrected chi connectivity index (χ1v) is 6.89. The van der Waals surface area contributed by atoms with Gasteiger partial charge in [0.1, 0.15) is 0 Å². The van der Waals surface area contributed by atoms with Crippen molar-refractivity contribution in [1.29, 1.82) is 0 Å². The van der Waals surface area contributed by atoms with E-state index >= 15 is 0 Å². The molecule has 2 N–H and O–H groups in total. The van der Waals surface area contributed by atoms with Crippen molar-refractivity contribution < 1.29 is 19.1 Å². The minimum Gasteiger partial charge on any atom is -0.452 e. The topological polar surface area (TPSA) is 84.5 Å². The van der Waals surface area contributed by atoms with Crippen molar-refractivity contribution in [3.05, 3.63) is 35.9 Å². The van der Waals surface area contributed by atoms with Gasteiger partial charge in [0.2, 0.25) is 0 Å². The Morgan fingerprint density at radius 2 is 1.81 bits per heavy atom. The van der Waals surface area contributed by atoms with Crippen LogP contribution in [0, 0.1) is 0 Å². The second kappa shape index (κ2) is 8.73. The summed E-state index contributed by atoms with van der Waals surface area (Å²) in [6.45, 7) is 3.41. The first-order chi connectivity index (χ1) is 10.0. The molecule has 0 heterocycles. The van der Waals surface area contributed by atoms with Gasteiger partial charge in [0.25, 0.3) is 11.8 Å². The largest absolute Gasteiger partial charge is 0.452 e. The van der Waals surface area contributed by atoms with Gasteiger partial charge in [-0.2, -0.15) is 0 Å². The molecule has 0 aliphatic rings. The molecule has 6 heteroatoms. The lowest BCUT2D eigenvalue weighted by Gasteiger charge is -2.14. The molecule has 2 amide bonds. The number of rotatable bonds is 6. The van der Waals surface area contributed by atoms with Crippen LogP contribution in [-0.4, -0.2) is 23.9 Å². The molecule has 0 aromatic heterocycles. The molecule has 114 valence electrons. The van der Waals surface area contributed by atoms with Gasteiger partial charge >= 0.3 is 5.97 Å². The summed E-state index contributed by atoms with van der Waals surface area (Å²) >= 11 is 0. The summed E-state index contributed by atoms with van der Waals surface area (Å²) < 4.78 is 4.95. The first-order valence-electron chi connectivity index (χ1n) is 6.89. The van der Waals surface area contributed by atoms with Gasteiger partial charge in [-0.15, -0.1) is 0 Å². The van der Waals surface area contributed by atoms with E-state index in [4.69, 9.17) is 4.74 Å². The van der Waals surface area contributed by atoms with Crippen LogP contribution >= 0.6 is 0 Å². The van der Waals surface area contributed by atoms with E-state index < -0.39 is 23.9 Å². The summed E-state index contributed by atoms with van der Waals surface area (Å²) in [7, 11) is 0. The highest BCUT2D eigenvalue weighted by atomic mass is 16.5. The maximum absolute atomic E-state index is 11.7. The Labute approximate surface area is 123 Å². The Morgan fingerprint density at radius 1 is 1.14 bits per heavy atom. The minimum absolute atomic E-state index is 0.282. The van der Waals surface area contributed by atoms with Crippen molar-refractivity contribution in [2.45, 2.75) is 39.2 Å². The standard InChI is InChI=1S/C15H20N2O4/c1-3-4-10-13(18)21-11(2)14(19)16-17-15(20)12-8-6-5-7-9-12/h5-9,11H,3-4,10H2,1-2H3,(H,16,19)(H,17,20)/t11-/m0/s1. The van der Waals surface area contributed by atoms with Crippen LogP contribution in [0.2, 0.25) is 0 Å². The number of hydrazine groups is 1. The Balaban J connectivity index is 2.36. The van der Waals surface area contributed by atoms with E-state index in [0.29, 0.717) is 5.56 Å². The monoisotopic (exact) mass is 292 g/mol. The van der Waals surface area contributed by atoms with Crippen LogP contribution in [0.3, 0.4) is 0 Å². The number of unbranched alkanes of at least 4 members (excludes halogenated alkanes) is 1. The van der Waals surface area contributed by atoms with Crippen molar-refractivity contribution >= 4 is 17.8 Å². The third-order valence-electron chi connectivity index (χ3n) is 2.75. The Morgan fingerprint density at radius 3 is 2.43 bits per heavy atom. The number of esters is 1. The van der Waals surface area contributed by atoms with Crippen molar-refractivity contribution in [3.8, 4) is 0 Å². The summed E-state index contributed by atoms with van der Waals surface area (Å²) in [6.07, 6.45) is 0.927. The third kappa shape index (κ3) is 6.07. The van der Waals surface area contributed by atoms with Gasteiger partial charge < -0.3 is 4.74 Å². The van der Waals surface area contributed by atoms with Crippen LogP contribution < -0.4 is 10.9 Å². The van der Waals surface area contributed by atoms with E-state index in [-0.39, 0.29) is 6.42 Å². The van der Waals surface area contributed by atoms with Gasteiger partial charge in [-0.1, -0.05) is 31.5 Å². The Kier molecular flexibility index (Phi) is 6.94. The normalized spacial score (nSPS) is 11.3. The summed E-state index contributed by atoms with van der Waals surface area (Å²) in [6, 6.07) is 8.46. The third-order valence-corrected chi connectivity index (χ3v) is 2.75. The van der Waals surface area contributed by atoms with E-state index in [0.717, 1.165) is 12.8 Å². The molecule has 1 aromatic rings. The minimum atomic E-state index is -0.953. The summed E-state index contributed by atoms with van der Waals surface area (Å²) in [5.41, 5.74) is 4.91. The average Bonchev–Trinajstić information content (AvgIpc) is 2.50. The van der Waals surface area contributed by atoms with Crippen LogP contribution in [0.15, 0.2) is 30.3 Å². The fraction of sp³-hybridized carbons (Fsp3) is 0.400. The number of amides is 2. The second-order valence-corrected chi connectivity index (χ2v) is 4.55. The molecule has 21 heavy (non-hydrogen) atoms. The van der Waals surface area contributed by atoms with Crippen LogP contribution in [0.25, 0.3) is 0 Å². The van der Waals surface area contributed by atoms with Gasteiger partial charge in [-0.3, -0.25) is 25.2 Å². The number of hydrogen-bond donors (Lipinski definition) is 2. The van der Waals surface area contributed by atoms with Crippen LogP contribution in [0.4, 0.5) is 0 Å². The van der Waals surface area contributed by atoms with E-state index in [2.05, 4.69) is 10.9 Å². The zero-order valence-electron chi connectivity index (χ0n) is 12.2. The molecule has 1 rings (SSSR count). The lowest BCUT2D eigenvalue weighted by atomic mass is 10.2. The summed E-state index contributed by atoms with van der Waals surface area (Å²) in [4.78, 5) is 34.8. The van der Waals surface area contributed by atoms with E-state index in [1.807, 2.05) is 6.92 Å². The molecule has 0 saturated heterocycles. The highest BCUT2D eigenvalue weighted by molar-refractivity contribution is 5.95. The van der Waals surface area contributed by atoms with Gasteiger partial charge in [-0.25, -0.2) is 0 Å². The van der Waals surface area contributed by atoms with E-state index in [1.165, 1.54) is 6.92 Å². The van der Waals surface area contributed by atoms with Crippen LogP contribution in [0.1, 0.15) is 43.5 Å². The average molecular weight is 292 g/mol. The highest BCUT2D eigenvalue weighted by Crippen LogP contribution is 2.00. The number of ether oxygens (including phenoxy) is 1. The fourth-order valence-electron chi connectivity index (χ4n) is 1.51. The first kappa shape index (κ1) is 16.7. The molecular formula is C15H20N2O4. The van der Waals surface area contributed by atoms with Crippen molar-refractivity contribution in [1.82, 2.24) is 10.9 Å². The van der Waals surface area contributed by atoms with Gasteiger partial charge in [0.15, 0.2) is 6.10 Å². The maximum atomic E-state index is 11.7. The van der Waals surface area contributed by atoms with Crippen LogP contribution in [-0.2, 0) is 14.3 Å². The van der Waals surface area contributed by atoms with Crippen molar-refractivity contribution in [3.63, 3.8) is 0 Å². The molecule has 0 fully saturated rings. The molecular weight excluding hydrogens is 272 g/mol. The van der Waals surface area contributed by atoms with Crippen LogP contribution in [0.5, 0.6) is 0 Å². The predicted octanol–water partition coefficient (Wildman–Crippen LogP) is 1.57. The molecule has 6 nitrogen and oxygen atoms in total. The van der Waals surface area contributed by atoms with Crippen molar-refractivity contribution in [2.75, 3.05) is 0 Å². The SMILES string of the molecule is CCCCC(=O)O[C@@H](C)C(=O)NNC(=O)c1ccccc1. The zero-order chi connectivity index (χ0) is 15.7. The number of nitrogens with one attached hydrogen (secondary N) is 2. The Hall–Kier alpha value is -2.37. The second-order valence-electron chi connectivity index (χ2n) is 4.55. The molecule has 1 atom stereocenters. The van der Waals surface area contributed by atoms with Crippen molar-refractivity contribution in [2.24, 2.45) is 0 Å². The molecule has 0 aliphatic carbocycles. The molecule has 0 aliphatic heterocycles. The molecule has 0 unspecified atom stereocenters. The van der Waals surface area contributed by atoms with Gasteiger partial charge in [-0.05, 0) is 25.5 Å². The lowest BCUT2D eigenvalue weighted by Crippen LogP contribution is -2.46. The lowest BCUT2D eigenvalue weighted by molar-refractivity contribution is -0.155.